The highest BCUT2D eigenvalue weighted by Gasteiger charge is 2.35. The lowest BCUT2D eigenvalue weighted by Gasteiger charge is -2.22. The van der Waals surface area contributed by atoms with Crippen LogP contribution in [-0.2, 0) is 5.41 Å². The second-order valence-corrected chi connectivity index (χ2v) is 7.75. The standard InChI is InChI=1S/C25H21N/c1-25(2)23-15-19(16-7-10-20(26)11-8-16)9-12-21(23)22-13-17-5-3-4-6-18(17)14-24(22)25/h3-15H,26H2,1-2H3. The molecule has 0 fully saturated rings. The van der Waals surface area contributed by atoms with Crippen LogP contribution in [0.5, 0.6) is 0 Å². The van der Waals surface area contributed by atoms with Crippen molar-refractivity contribution < 1.29 is 0 Å². The van der Waals surface area contributed by atoms with E-state index >= 15 is 0 Å². The third-order valence-electron chi connectivity index (χ3n) is 5.79. The van der Waals surface area contributed by atoms with Crippen LogP contribution in [0.2, 0.25) is 0 Å². The first-order valence-corrected chi connectivity index (χ1v) is 9.08. The normalized spacial score (nSPS) is 14.2. The molecular formula is C25H21N. The minimum Gasteiger partial charge on any atom is -0.399 e. The minimum absolute atomic E-state index is 0.00147. The molecule has 0 bridgehead atoms. The molecule has 2 N–H and O–H groups in total. The summed E-state index contributed by atoms with van der Waals surface area (Å²) in [6, 6.07) is 28.3. The van der Waals surface area contributed by atoms with Crippen molar-refractivity contribution in [3.05, 3.63) is 90.0 Å². The van der Waals surface area contributed by atoms with Crippen molar-refractivity contribution in [1.82, 2.24) is 0 Å². The Hall–Kier alpha value is -3.06. The Morgan fingerprint density at radius 2 is 1.23 bits per heavy atom. The molecule has 1 aliphatic rings. The second kappa shape index (κ2) is 5.22. The SMILES string of the molecule is CC1(C)c2cc(-c3ccc(N)cc3)ccc2-c2cc3ccccc3cc21. The summed E-state index contributed by atoms with van der Waals surface area (Å²) in [6.07, 6.45) is 0. The van der Waals surface area contributed by atoms with Gasteiger partial charge in [0.25, 0.3) is 0 Å². The lowest BCUT2D eigenvalue weighted by molar-refractivity contribution is 0.661. The minimum atomic E-state index is -0.00147. The summed E-state index contributed by atoms with van der Waals surface area (Å²) in [5.41, 5.74) is 14.6. The van der Waals surface area contributed by atoms with Gasteiger partial charge in [-0.1, -0.05) is 62.4 Å². The summed E-state index contributed by atoms with van der Waals surface area (Å²) >= 11 is 0. The van der Waals surface area contributed by atoms with Gasteiger partial charge in [0.15, 0.2) is 0 Å². The van der Waals surface area contributed by atoms with Gasteiger partial charge in [-0.15, -0.1) is 0 Å². The van der Waals surface area contributed by atoms with Crippen molar-refractivity contribution in [2.75, 3.05) is 5.73 Å². The third kappa shape index (κ3) is 2.10. The monoisotopic (exact) mass is 335 g/mol. The highest BCUT2D eigenvalue weighted by atomic mass is 14.5. The molecule has 0 radical (unpaired) electrons. The fourth-order valence-electron chi connectivity index (χ4n) is 4.28. The van der Waals surface area contributed by atoms with Crippen LogP contribution < -0.4 is 5.73 Å². The van der Waals surface area contributed by atoms with E-state index in [2.05, 4.69) is 80.6 Å². The van der Waals surface area contributed by atoms with Gasteiger partial charge in [0.2, 0.25) is 0 Å². The molecule has 0 aromatic heterocycles. The Bertz CT molecular complexity index is 1150. The van der Waals surface area contributed by atoms with E-state index in [1.807, 2.05) is 12.1 Å². The van der Waals surface area contributed by atoms with E-state index in [0.29, 0.717) is 0 Å². The zero-order valence-electron chi connectivity index (χ0n) is 15.1. The fourth-order valence-corrected chi connectivity index (χ4v) is 4.28. The molecule has 0 aliphatic heterocycles. The molecule has 4 aromatic carbocycles. The number of nitrogen functional groups attached to an aromatic ring is 1. The van der Waals surface area contributed by atoms with Crippen molar-refractivity contribution in [2.24, 2.45) is 0 Å². The van der Waals surface area contributed by atoms with Crippen molar-refractivity contribution in [3.8, 4) is 22.3 Å². The molecule has 126 valence electrons. The maximum absolute atomic E-state index is 5.84. The number of hydrogen-bond acceptors (Lipinski definition) is 1. The Balaban J connectivity index is 1.73. The first-order chi connectivity index (χ1) is 12.5. The van der Waals surface area contributed by atoms with Crippen molar-refractivity contribution in [2.45, 2.75) is 19.3 Å². The first-order valence-electron chi connectivity index (χ1n) is 9.08. The predicted octanol–water partition coefficient (Wildman–Crippen LogP) is 6.40. The molecule has 0 saturated carbocycles. The van der Waals surface area contributed by atoms with Gasteiger partial charge in [0, 0.05) is 11.1 Å². The Labute approximate surface area is 154 Å². The lowest BCUT2D eigenvalue weighted by atomic mass is 9.81. The summed E-state index contributed by atoms with van der Waals surface area (Å²) in [7, 11) is 0. The van der Waals surface area contributed by atoms with Crippen LogP contribution in [-0.4, -0.2) is 0 Å². The molecule has 0 heterocycles. The molecule has 26 heavy (non-hydrogen) atoms. The van der Waals surface area contributed by atoms with Gasteiger partial charge >= 0.3 is 0 Å². The molecule has 5 rings (SSSR count). The molecule has 0 saturated heterocycles. The maximum atomic E-state index is 5.84. The number of fused-ring (bicyclic) bond motifs is 4. The quantitative estimate of drug-likeness (QED) is 0.400. The lowest BCUT2D eigenvalue weighted by Crippen LogP contribution is -2.15. The molecule has 4 aromatic rings. The Morgan fingerprint density at radius 3 is 1.96 bits per heavy atom. The molecular weight excluding hydrogens is 314 g/mol. The van der Waals surface area contributed by atoms with E-state index in [1.54, 1.807) is 0 Å². The molecule has 1 aliphatic carbocycles. The summed E-state index contributed by atoms with van der Waals surface area (Å²) < 4.78 is 0. The zero-order valence-corrected chi connectivity index (χ0v) is 15.1. The highest BCUT2D eigenvalue weighted by Crippen LogP contribution is 2.50. The number of hydrogen-bond donors (Lipinski definition) is 1. The van der Waals surface area contributed by atoms with Crippen molar-refractivity contribution in [1.29, 1.82) is 0 Å². The average Bonchev–Trinajstić information content (AvgIpc) is 2.87. The smallest absolute Gasteiger partial charge is 0.0314 e. The van der Waals surface area contributed by atoms with Crippen LogP contribution in [0, 0.1) is 0 Å². The Kier molecular flexibility index (Phi) is 3.05. The van der Waals surface area contributed by atoms with Crippen LogP contribution in [0.3, 0.4) is 0 Å². The fraction of sp³-hybridized carbons (Fsp3) is 0.120. The molecule has 1 heteroatoms. The number of rotatable bonds is 1. The van der Waals surface area contributed by atoms with E-state index in [0.717, 1.165) is 5.69 Å². The van der Waals surface area contributed by atoms with Gasteiger partial charge < -0.3 is 5.73 Å². The first kappa shape index (κ1) is 15.2. The van der Waals surface area contributed by atoms with Crippen LogP contribution in [0.25, 0.3) is 33.0 Å². The van der Waals surface area contributed by atoms with Gasteiger partial charge in [-0.05, 0) is 74.5 Å². The maximum Gasteiger partial charge on any atom is 0.0314 e. The van der Waals surface area contributed by atoms with Crippen LogP contribution >= 0.6 is 0 Å². The number of anilines is 1. The van der Waals surface area contributed by atoms with Crippen molar-refractivity contribution >= 4 is 16.5 Å². The molecule has 0 atom stereocenters. The van der Waals surface area contributed by atoms with Crippen LogP contribution in [0.4, 0.5) is 5.69 Å². The van der Waals surface area contributed by atoms with Gasteiger partial charge in [0.05, 0.1) is 0 Å². The van der Waals surface area contributed by atoms with Gasteiger partial charge in [-0.3, -0.25) is 0 Å². The van der Waals surface area contributed by atoms with E-state index < -0.39 is 0 Å². The summed E-state index contributed by atoms with van der Waals surface area (Å²) in [5.74, 6) is 0. The Morgan fingerprint density at radius 1 is 0.615 bits per heavy atom. The number of benzene rings is 4. The molecule has 0 amide bonds. The molecule has 0 spiro atoms. The van der Waals surface area contributed by atoms with E-state index in [9.17, 15) is 0 Å². The summed E-state index contributed by atoms with van der Waals surface area (Å²) in [4.78, 5) is 0. The van der Waals surface area contributed by atoms with Crippen LogP contribution in [0.15, 0.2) is 78.9 Å². The highest BCUT2D eigenvalue weighted by molar-refractivity contribution is 5.94. The number of nitrogens with two attached hydrogens (primary N) is 1. The molecule has 1 nitrogen and oxygen atoms in total. The van der Waals surface area contributed by atoms with Gasteiger partial charge in [-0.2, -0.15) is 0 Å². The van der Waals surface area contributed by atoms with Crippen molar-refractivity contribution in [3.63, 3.8) is 0 Å². The topological polar surface area (TPSA) is 26.0 Å². The largest absolute Gasteiger partial charge is 0.399 e. The van der Waals surface area contributed by atoms with Crippen LogP contribution in [0.1, 0.15) is 25.0 Å². The van der Waals surface area contributed by atoms with E-state index in [-0.39, 0.29) is 5.41 Å². The predicted molar refractivity (Wildman–Crippen MR) is 111 cm³/mol. The summed E-state index contributed by atoms with van der Waals surface area (Å²) in [5, 5.41) is 2.61. The van der Waals surface area contributed by atoms with E-state index in [1.165, 1.54) is 44.2 Å². The van der Waals surface area contributed by atoms with Gasteiger partial charge in [-0.25, -0.2) is 0 Å². The average molecular weight is 335 g/mol. The second-order valence-electron chi connectivity index (χ2n) is 7.75. The third-order valence-corrected chi connectivity index (χ3v) is 5.79. The van der Waals surface area contributed by atoms with E-state index in [4.69, 9.17) is 5.73 Å². The van der Waals surface area contributed by atoms with Gasteiger partial charge in [0.1, 0.15) is 0 Å². The zero-order chi connectivity index (χ0) is 17.9. The molecule has 0 unspecified atom stereocenters. The summed E-state index contributed by atoms with van der Waals surface area (Å²) in [6.45, 7) is 4.67.